The first-order valence-corrected chi connectivity index (χ1v) is 6.76. The Morgan fingerprint density at radius 1 is 1.55 bits per heavy atom. The summed E-state index contributed by atoms with van der Waals surface area (Å²) in [7, 11) is 1.58. The molecule has 0 bridgehead atoms. The van der Waals surface area contributed by atoms with Gasteiger partial charge in [-0.2, -0.15) is 4.98 Å². The summed E-state index contributed by atoms with van der Waals surface area (Å²) in [5.74, 6) is 0.768. The molecule has 8 heteroatoms. The zero-order valence-corrected chi connectivity index (χ0v) is 11.9. The third-order valence-corrected chi connectivity index (χ3v) is 3.43. The van der Waals surface area contributed by atoms with Crippen molar-refractivity contribution in [3.8, 4) is 5.75 Å². The number of H-pyrrole nitrogens is 1. The van der Waals surface area contributed by atoms with E-state index in [-0.39, 0.29) is 17.1 Å². The molecular weight excluding hydrogens is 278 g/mol. The second-order valence-electron chi connectivity index (χ2n) is 3.98. The molecular formula is C12H15N5O2S. The fourth-order valence-corrected chi connectivity index (χ4v) is 2.20. The Morgan fingerprint density at radius 2 is 2.35 bits per heavy atom. The van der Waals surface area contributed by atoms with E-state index in [9.17, 15) is 4.79 Å². The molecule has 1 aromatic carbocycles. The van der Waals surface area contributed by atoms with E-state index in [1.54, 1.807) is 26.2 Å². The highest BCUT2D eigenvalue weighted by Gasteiger charge is 2.17. The Hall–Kier alpha value is -2.22. The fraction of sp³-hybridized carbons (Fsp3) is 0.250. The minimum Gasteiger partial charge on any atom is -0.497 e. The van der Waals surface area contributed by atoms with Crippen LogP contribution in [-0.4, -0.2) is 33.4 Å². The molecule has 1 heterocycles. The van der Waals surface area contributed by atoms with Crippen LogP contribution in [0.15, 0.2) is 29.4 Å². The van der Waals surface area contributed by atoms with Crippen molar-refractivity contribution in [1.29, 1.82) is 0 Å². The summed E-state index contributed by atoms with van der Waals surface area (Å²) in [6, 6.07) is 7.16. The molecule has 0 aliphatic carbocycles. The number of rotatable bonds is 5. The smallest absolute Gasteiger partial charge is 0.237 e. The van der Waals surface area contributed by atoms with Crippen LogP contribution in [0.3, 0.4) is 0 Å². The van der Waals surface area contributed by atoms with Crippen molar-refractivity contribution in [3.05, 3.63) is 24.3 Å². The number of aromatic nitrogens is 3. The molecule has 2 aromatic rings. The van der Waals surface area contributed by atoms with Gasteiger partial charge in [-0.25, -0.2) is 5.10 Å². The Bertz CT molecular complexity index is 601. The summed E-state index contributed by atoms with van der Waals surface area (Å²) in [4.78, 5) is 16.0. The third kappa shape index (κ3) is 3.64. The van der Waals surface area contributed by atoms with Gasteiger partial charge in [0.25, 0.3) is 0 Å². The van der Waals surface area contributed by atoms with Crippen LogP contribution in [0.2, 0.25) is 0 Å². The maximum absolute atomic E-state index is 12.1. The number of benzene rings is 1. The van der Waals surface area contributed by atoms with Crippen LogP contribution >= 0.6 is 11.8 Å². The van der Waals surface area contributed by atoms with Crippen LogP contribution in [0.1, 0.15) is 6.92 Å². The average Bonchev–Trinajstić information content (AvgIpc) is 2.84. The summed E-state index contributed by atoms with van der Waals surface area (Å²) in [5.41, 5.74) is 6.11. The maximum atomic E-state index is 12.1. The van der Waals surface area contributed by atoms with Gasteiger partial charge in [-0.15, -0.1) is 5.10 Å². The third-order valence-electron chi connectivity index (χ3n) is 2.47. The number of hydrogen-bond donors (Lipinski definition) is 3. The Morgan fingerprint density at radius 3 is 3.00 bits per heavy atom. The van der Waals surface area contributed by atoms with E-state index in [0.29, 0.717) is 16.6 Å². The summed E-state index contributed by atoms with van der Waals surface area (Å²) in [6.07, 6.45) is 0. The first-order valence-electron chi connectivity index (χ1n) is 5.88. The van der Waals surface area contributed by atoms with Gasteiger partial charge in [0.2, 0.25) is 17.0 Å². The molecule has 20 heavy (non-hydrogen) atoms. The van der Waals surface area contributed by atoms with Crippen LogP contribution in [0.4, 0.5) is 11.6 Å². The van der Waals surface area contributed by atoms with Crippen molar-refractivity contribution < 1.29 is 9.53 Å². The number of nitrogen functional groups attached to an aromatic ring is 1. The molecule has 0 saturated heterocycles. The molecule has 1 amide bonds. The molecule has 0 spiro atoms. The van der Waals surface area contributed by atoms with Crippen molar-refractivity contribution in [2.45, 2.75) is 17.3 Å². The van der Waals surface area contributed by atoms with Gasteiger partial charge in [0.05, 0.1) is 12.4 Å². The van der Waals surface area contributed by atoms with Gasteiger partial charge >= 0.3 is 0 Å². The number of hydrogen-bond acceptors (Lipinski definition) is 6. The normalized spacial score (nSPS) is 11.9. The molecule has 4 N–H and O–H groups in total. The molecule has 1 atom stereocenters. The number of nitrogens with one attached hydrogen (secondary N) is 2. The number of thioether (sulfide) groups is 1. The molecule has 106 valence electrons. The predicted octanol–water partition coefficient (Wildman–Crippen LogP) is 1.51. The minimum atomic E-state index is -0.351. The second kappa shape index (κ2) is 6.29. The highest BCUT2D eigenvalue weighted by atomic mass is 32.2. The summed E-state index contributed by atoms with van der Waals surface area (Å²) in [6.45, 7) is 1.77. The van der Waals surface area contributed by atoms with E-state index in [1.807, 2.05) is 12.1 Å². The lowest BCUT2D eigenvalue weighted by Gasteiger charge is -2.10. The standard InChI is InChI=1S/C12H15N5O2S/c1-7(20-12-15-11(13)16-17-12)10(18)14-8-4-3-5-9(6-8)19-2/h3-7H,1-2H3,(H,14,18)(H3,13,15,16,17)/t7-/m1/s1. The average molecular weight is 293 g/mol. The van der Waals surface area contributed by atoms with E-state index in [0.717, 1.165) is 0 Å². The van der Waals surface area contributed by atoms with Gasteiger partial charge in [-0.05, 0) is 19.1 Å². The van der Waals surface area contributed by atoms with Crippen molar-refractivity contribution >= 4 is 29.3 Å². The quantitative estimate of drug-likeness (QED) is 0.722. The van der Waals surface area contributed by atoms with Gasteiger partial charge in [0, 0.05) is 11.8 Å². The molecule has 0 aliphatic rings. The Balaban J connectivity index is 1.96. The second-order valence-corrected chi connectivity index (χ2v) is 5.29. The molecule has 0 unspecified atom stereocenters. The van der Waals surface area contributed by atoms with Crippen molar-refractivity contribution in [1.82, 2.24) is 15.2 Å². The number of ether oxygens (including phenoxy) is 1. The zero-order chi connectivity index (χ0) is 14.5. The van der Waals surface area contributed by atoms with Gasteiger partial charge in [0.15, 0.2) is 0 Å². The number of anilines is 2. The number of aromatic amines is 1. The lowest BCUT2D eigenvalue weighted by molar-refractivity contribution is -0.115. The highest BCUT2D eigenvalue weighted by molar-refractivity contribution is 8.00. The number of nitrogens with zero attached hydrogens (tertiary/aromatic N) is 2. The highest BCUT2D eigenvalue weighted by Crippen LogP contribution is 2.22. The lowest BCUT2D eigenvalue weighted by Crippen LogP contribution is -2.22. The van der Waals surface area contributed by atoms with Crippen molar-refractivity contribution in [2.24, 2.45) is 0 Å². The molecule has 0 saturated carbocycles. The predicted molar refractivity (Wildman–Crippen MR) is 77.7 cm³/mol. The first-order chi connectivity index (χ1) is 9.58. The largest absolute Gasteiger partial charge is 0.497 e. The van der Waals surface area contributed by atoms with Crippen molar-refractivity contribution in [3.63, 3.8) is 0 Å². The molecule has 7 nitrogen and oxygen atoms in total. The van der Waals surface area contributed by atoms with E-state index in [1.165, 1.54) is 11.8 Å². The van der Waals surface area contributed by atoms with Crippen LogP contribution < -0.4 is 15.8 Å². The van der Waals surface area contributed by atoms with E-state index >= 15 is 0 Å². The van der Waals surface area contributed by atoms with E-state index in [2.05, 4.69) is 20.5 Å². The lowest BCUT2D eigenvalue weighted by atomic mass is 10.3. The summed E-state index contributed by atoms with van der Waals surface area (Å²) in [5, 5.41) is 9.30. The molecule has 0 radical (unpaired) electrons. The minimum absolute atomic E-state index is 0.147. The fourth-order valence-electron chi connectivity index (χ4n) is 1.47. The summed E-state index contributed by atoms with van der Waals surface area (Å²) >= 11 is 1.22. The van der Waals surface area contributed by atoms with Gasteiger partial charge in [-0.3, -0.25) is 4.79 Å². The molecule has 2 rings (SSSR count). The number of carbonyl (C=O) groups is 1. The molecule has 0 aliphatic heterocycles. The maximum Gasteiger partial charge on any atom is 0.237 e. The SMILES string of the molecule is COc1cccc(NC(=O)[C@@H](C)Sc2n[nH]c(N)n2)c1. The number of amides is 1. The number of nitrogens with two attached hydrogens (primary N) is 1. The van der Waals surface area contributed by atoms with Crippen LogP contribution in [-0.2, 0) is 4.79 Å². The molecule has 0 fully saturated rings. The zero-order valence-electron chi connectivity index (χ0n) is 11.1. The van der Waals surface area contributed by atoms with Gasteiger partial charge < -0.3 is 15.8 Å². The Labute approximate surface area is 120 Å². The summed E-state index contributed by atoms with van der Waals surface area (Å²) < 4.78 is 5.10. The van der Waals surface area contributed by atoms with Crippen LogP contribution in [0, 0.1) is 0 Å². The van der Waals surface area contributed by atoms with Gasteiger partial charge in [-0.1, -0.05) is 17.8 Å². The van der Waals surface area contributed by atoms with Crippen molar-refractivity contribution in [2.75, 3.05) is 18.2 Å². The molecule has 1 aromatic heterocycles. The topological polar surface area (TPSA) is 106 Å². The number of carbonyl (C=O) groups excluding carboxylic acids is 1. The Kier molecular flexibility index (Phi) is 4.46. The first kappa shape index (κ1) is 14.2. The monoisotopic (exact) mass is 293 g/mol. The van der Waals surface area contributed by atoms with Crippen LogP contribution in [0.25, 0.3) is 0 Å². The van der Waals surface area contributed by atoms with E-state index in [4.69, 9.17) is 10.5 Å². The van der Waals surface area contributed by atoms with Gasteiger partial charge in [0.1, 0.15) is 5.75 Å². The van der Waals surface area contributed by atoms with E-state index < -0.39 is 0 Å². The van der Waals surface area contributed by atoms with Crippen LogP contribution in [0.5, 0.6) is 5.75 Å². The number of methoxy groups -OCH3 is 1.